The molecule has 4 nitrogen and oxygen atoms in total. The summed E-state index contributed by atoms with van der Waals surface area (Å²) in [5.41, 5.74) is 4.12. The monoisotopic (exact) mass is 398 g/mol. The summed E-state index contributed by atoms with van der Waals surface area (Å²) in [5.74, 6) is 0.942. The van der Waals surface area contributed by atoms with Gasteiger partial charge in [0.15, 0.2) is 5.82 Å². The standard InChI is InChI=1S/C20H23BrN4/c1-5-7-16-19(6-2)25(11-10-24(3)4)20(23-16)18-12-14-8-9-15(21)13-17(14)22-18/h5-9,12-13,22H,2,10-11H2,1,3-4H3/b7-5-. The lowest BCUT2D eigenvalue weighted by Crippen LogP contribution is -2.19. The number of fused-ring (bicyclic) bond motifs is 1. The highest BCUT2D eigenvalue weighted by Gasteiger charge is 2.17. The van der Waals surface area contributed by atoms with Gasteiger partial charge in [-0.05, 0) is 51.4 Å². The first kappa shape index (κ1) is 17.7. The summed E-state index contributed by atoms with van der Waals surface area (Å²) in [4.78, 5) is 10.6. The van der Waals surface area contributed by atoms with Crippen LogP contribution in [0.3, 0.4) is 0 Å². The van der Waals surface area contributed by atoms with Gasteiger partial charge in [-0.3, -0.25) is 0 Å². The number of benzene rings is 1. The third kappa shape index (κ3) is 3.62. The Hall–Kier alpha value is -2.11. The fourth-order valence-corrected chi connectivity index (χ4v) is 3.29. The van der Waals surface area contributed by atoms with E-state index in [1.807, 2.05) is 25.2 Å². The summed E-state index contributed by atoms with van der Waals surface area (Å²) in [7, 11) is 4.16. The molecule has 0 aliphatic carbocycles. The van der Waals surface area contributed by atoms with Crippen LogP contribution >= 0.6 is 15.9 Å². The molecule has 3 aromatic rings. The fraction of sp³-hybridized carbons (Fsp3) is 0.250. The molecule has 3 rings (SSSR count). The van der Waals surface area contributed by atoms with Crippen molar-refractivity contribution in [2.45, 2.75) is 13.5 Å². The molecular weight excluding hydrogens is 376 g/mol. The summed E-state index contributed by atoms with van der Waals surface area (Å²) in [6.45, 7) is 7.79. The normalized spacial score (nSPS) is 11.9. The number of imidazole rings is 1. The second-order valence-corrected chi connectivity index (χ2v) is 7.20. The van der Waals surface area contributed by atoms with Gasteiger partial charge in [-0.15, -0.1) is 0 Å². The number of allylic oxidation sites excluding steroid dienone is 1. The SMILES string of the molecule is C=Cc1c(/C=C\C)nc(-c2cc3ccc(Br)cc3[nH]2)n1CCN(C)C. The zero-order valence-electron chi connectivity index (χ0n) is 14.9. The lowest BCUT2D eigenvalue weighted by Gasteiger charge is -2.13. The van der Waals surface area contributed by atoms with Crippen LogP contribution in [-0.2, 0) is 6.54 Å². The highest BCUT2D eigenvalue weighted by Crippen LogP contribution is 2.28. The topological polar surface area (TPSA) is 36.9 Å². The molecule has 0 saturated heterocycles. The van der Waals surface area contributed by atoms with Crippen LogP contribution < -0.4 is 0 Å². The Morgan fingerprint density at radius 3 is 2.80 bits per heavy atom. The van der Waals surface area contributed by atoms with Crippen molar-refractivity contribution in [1.82, 2.24) is 19.4 Å². The van der Waals surface area contributed by atoms with Crippen molar-refractivity contribution in [2.75, 3.05) is 20.6 Å². The van der Waals surface area contributed by atoms with E-state index in [0.29, 0.717) is 0 Å². The van der Waals surface area contributed by atoms with E-state index in [0.717, 1.165) is 46.0 Å². The van der Waals surface area contributed by atoms with Gasteiger partial charge in [-0.1, -0.05) is 34.7 Å². The number of hydrogen-bond donors (Lipinski definition) is 1. The average molecular weight is 399 g/mol. The minimum Gasteiger partial charge on any atom is -0.352 e. The van der Waals surface area contributed by atoms with Crippen LogP contribution in [0.1, 0.15) is 18.3 Å². The Morgan fingerprint density at radius 1 is 1.32 bits per heavy atom. The number of aromatic amines is 1. The van der Waals surface area contributed by atoms with Crippen LogP contribution in [0.15, 0.2) is 41.4 Å². The number of hydrogen-bond acceptors (Lipinski definition) is 2. The Balaban J connectivity index is 2.16. The Labute approximate surface area is 157 Å². The molecule has 0 amide bonds. The van der Waals surface area contributed by atoms with Gasteiger partial charge in [0.25, 0.3) is 0 Å². The first-order valence-corrected chi connectivity index (χ1v) is 9.11. The number of halogens is 1. The van der Waals surface area contributed by atoms with Gasteiger partial charge in [0, 0.05) is 28.5 Å². The first-order chi connectivity index (χ1) is 12.0. The van der Waals surface area contributed by atoms with E-state index in [1.54, 1.807) is 0 Å². The second-order valence-electron chi connectivity index (χ2n) is 6.28. The summed E-state index contributed by atoms with van der Waals surface area (Å²) in [5, 5.41) is 1.17. The molecule has 0 unspecified atom stereocenters. The zero-order valence-corrected chi connectivity index (χ0v) is 16.5. The van der Waals surface area contributed by atoms with Gasteiger partial charge in [0.1, 0.15) is 0 Å². The van der Waals surface area contributed by atoms with Crippen molar-refractivity contribution in [3.63, 3.8) is 0 Å². The average Bonchev–Trinajstić information content (AvgIpc) is 3.13. The van der Waals surface area contributed by atoms with E-state index in [4.69, 9.17) is 4.98 Å². The third-order valence-corrected chi connectivity index (χ3v) is 4.64. The minimum absolute atomic E-state index is 0.854. The molecule has 2 aromatic heterocycles. The van der Waals surface area contributed by atoms with Crippen LogP contribution in [0.25, 0.3) is 34.6 Å². The van der Waals surface area contributed by atoms with Crippen molar-refractivity contribution < 1.29 is 0 Å². The lowest BCUT2D eigenvalue weighted by molar-refractivity contribution is 0.384. The largest absolute Gasteiger partial charge is 0.352 e. The molecule has 0 fully saturated rings. The van der Waals surface area contributed by atoms with Crippen molar-refractivity contribution in [3.8, 4) is 11.5 Å². The smallest absolute Gasteiger partial charge is 0.157 e. The maximum Gasteiger partial charge on any atom is 0.157 e. The summed E-state index contributed by atoms with van der Waals surface area (Å²) >= 11 is 3.53. The van der Waals surface area contributed by atoms with E-state index in [-0.39, 0.29) is 0 Å². The zero-order chi connectivity index (χ0) is 18.0. The first-order valence-electron chi connectivity index (χ1n) is 8.32. The molecule has 0 atom stereocenters. The molecular formula is C20H23BrN4. The quantitative estimate of drug-likeness (QED) is 0.631. The third-order valence-electron chi connectivity index (χ3n) is 4.15. The number of rotatable bonds is 6. The van der Waals surface area contributed by atoms with E-state index in [1.165, 1.54) is 5.39 Å². The van der Waals surface area contributed by atoms with Gasteiger partial charge < -0.3 is 14.5 Å². The maximum absolute atomic E-state index is 4.88. The highest BCUT2D eigenvalue weighted by atomic mass is 79.9. The lowest BCUT2D eigenvalue weighted by atomic mass is 10.2. The van der Waals surface area contributed by atoms with Gasteiger partial charge >= 0.3 is 0 Å². The molecule has 1 aromatic carbocycles. The van der Waals surface area contributed by atoms with Crippen molar-refractivity contribution in [1.29, 1.82) is 0 Å². The molecule has 0 saturated carbocycles. The number of likely N-dealkylation sites (N-methyl/N-ethyl adjacent to an activating group) is 1. The Bertz CT molecular complexity index is 931. The Morgan fingerprint density at radius 2 is 2.12 bits per heavy atom. The summed E-state index contributed by atoms with van der Waals surface area (Å²) in [6, 6.07) is 8.41. The van der Waals surface area contributed by atoms with Crippen molar-refractivity contribution in [2.24, 2.45) is 0 Å². The molecule has 2 heterocycles. The Kier molecular flexibility index (Phi) is 5.25. The predicted molar refractivity (Wildman–Crippen MR) is 111 cm³/mol. The number of aromatic nitrogens is 3. The van der Waals surface area contributed by atoms with E-state index >= 15 is 0 Å². The number of nitrogens with zero attached hydrogens (tertiary/aromatic N) is 3. The van der Waals surface area contributed by atoms with Gasteiger partial charge in [-0.25, -0.2) is 4.98 Å². The maximum atomic E-state index is 4.88. The van der Waals surface area contributed by atoms with Crippen LogP contribution in [0.4, 0.5) is 0 Å². The van der Waals surface area contributed by atoms with E-state index in [2.05, 4.69) is 75.3 Å². The van der Waals surface area contributed by atoms with Crippen LogP contribution in [0, 0.1) is 0 Å². The molecule has 1 N–H and O–H groups in total. The summed E-state index contributed by atoms with van der Waals surface area (Å²) in [6.07, 6.45) is 5.93. The highest BCUT2D eigenvalue weighted by molar-refractivity contribution is 9.10. The van der Waals surface area contributed by atoms with Gasteiger partial charge in [-0.2, -0.15) is 0 Å². The number of H-pyrrole nitrogens is 1. The summed E-state index contributed by atoms with van der Waals surface area (Å²) < 4.78 is 3.30. The van der Waals surface area contributed by atoms with E-state index < -0.39 is 0 Å². The van der Waals surface area contributed by atoms with Gasteiger partial charge in [0.05, 0.1) is 17.1 Å². The molecule has 0 aliphatic heterocycles. The minimum atomic E-state index is 0.854. The van der Waals surface area contributed by atoms with Crippen LogP contribution in [-0.4, -0.2) is 40.1 Å². The predicted octanol–water partition coefficient (Wildman–Crippen LogP) is 5.03. The van der Waals surface area contributed by atoms with E-state index in [9.17, 15) is 0 Å². The molecule has 5 heteroatoms. The fourth-order valence-electron chi connectivity index (χ4n) is 2.93. The van der Waals surface area contributed by atoms with Gasteiger partial charge in [0.2, 0.25) is 0 Å². The molecule has 0 radical (unpaired) electrons. The molecule has 25 heavy (non-hydrogen) atoms. The molecule has 0 aliphatic rings. The van der Waals surface area contributed by atoms with Crippen LogP contribution in [0.2, 0.25) is 0 Å². The van der Waals surface area contributed by atoms with Crippen molar-refractivity contribution in [3.05, 3.63) is 52.8 Å². The van der Waals surface area contributed by atoms with Crippen molar-refractivity contribution >= 4 is 39.0 Å². The molecule has 0 bridgehead atoms. The van der Waals surface area contributed by atoms with Crippen LogP contribution in [0.5, 0.6) is 0 Å². The number of nitrogens with one attached hydrogen (secondary N) is 1. The second kappa shape index (κ2) is 7.42. The molecule has 0 spiro atoms. The molecule has 130 valence electrons.